The van der Waals surface area contributed by atoms with Crippen molar-refractivity contribution in [1.29, 1.82) is 0 Å². The van der Waals surface area contributed by atoms with E-state index in [0.717, 1.165) is 22.6 Å². The first-order chi connectivity index (χ1) is 9.38. The maximum absolute atomic E-state index is 13.3. The van der Waals surface area contributed by atoms with Gasteiger partial charge in [-0.1, -0.05) is 6.07 Å². The summed E-state index contributed by atoms with van der Waals surface area (Å²) in [7, 11) is 0. The van der Waals surface area contributed by atoms with E-state index in [9.17, 15) is 4.39 Å². The molecular formula is C16H19BrFNO. The van der Waals surface area contributed by atoms with Crippen molar-refractivity contribution in [2.75, 3.05) is 0 Å². The third kappa shape index (κ3) is 3.30. The van der Waals surface area contributed by atoms with Crippen LogP contribution in [0.3, 0.4) is 0 Å². The average Bonchev–Trinajstić information content (AvgIpc) is 2.71. The number of halogens is 2. The second-order valence-electron chi connectivity index (χ2n) is 5.15. The van der Waals surface area contributed by atoms with Crippen molar-refractivity contribution in [3.63, 3.8) is 0 Å². The summed E-state index contributed by atoms with van der Waals surface area (Å²) in [6.45, 7) is 8.09. The lowest BCUT2D eigenvalue weighted by atomic mass is 10.0. The summed E-state index contributed by atoms with van der Waals surface area (Å²) >= 11 is 3.22. The van der Waals surface area contributed by atoms with Crippen LogP contribution >= 0.6 is 15.9 Å². The first-order valence-electron chi connectivity index (χ1n) is 6.66. The van der Waals surface area contributed by atoms with Gasteiger partial charge in [-0.15, -0.1) is 0 Å². The highest BCUT2D eigenvalue weighted by atomic mass is 79.9. The summed E-state index contributed by atoms with van der Waals surface area (Å²) in [5, 5.41) is 3.51. The highest BCUT2D eigenvalue weighted by Gasteiger charge is 2.16. The molecule has 0 spiro atoms. The highest BCUT2D eigenvalue weighted by Crippen LogP contribution is 2.26. The molecule has 0 saturated carbocycles. The van der Waals surface area contributed by atoms with Crippen LogP contribution in [-0.4, -0.2) is 0 Å². The van der Waals surface area contributed by atoms with Gasteiger partial charge < -0.3 is 9.73 Å². The van der Waals surface area contributed by atoms with Crippen molar-refractivity contribution >= 4 is 15.9 Å². The third-order valence-electron chi connectivity index (χ3n) is 3.49. The molecule has 1 aromatic heterocycles. The fourth-order valence-corrected chi connectivity index (χ4v) is 2.82. The SMILES string of the molecule is Cc1cc(C(C)NC(C)c2ccc(F)c(Br)c2)c(C)o1. The van der Waals surface area contributed by atoms with Crippen LogP contribution in [0, 0.1) is 19.7 Å². The Kier molecular flexibility index (Phi) is 4.66. The highest BCUT2D eigenvalue weighted by molar-refractivity contribution is 9.10. The average molecular weight is 340 g/mol. The molecule has 0 aliphatic heterocycles. The molecule has 0 amide bonds. The molecule has 4 heteroatoms. The molecule has 2 aromatic rings. The molecular weight excluding hydrogens is 321 g/mol. The van der Waals surface area contributed by atoms with E-state index < -0.39 is 0 Å². The van der Waals surface area contributed by atoms with Crippen molar-refractivity contribution in [2.45, 2.75) is 39.8 Å². The predicted octanol–water partition coefficient (Wildman–Crippen LogP) is 5.21. The molecule has 0 fully saturated rings. The van der Waals surface area contributed by atoms with Gasteiger partial charge >= 0.3 is 0 Å². The Balaban J connectivity index is 2.12. The van der Waals surface area contributed by atoms with E-state index in [2.05, 4.69) is 41.2 Å². The number of hydrogen-bond donors (Lipinski definition) is 1. The van der Waals surface area contributed by atoms with E-state index in [4.69, 9.17) is 4.42 Å². The summed E-state index contributed by atoms with van der Waals surface area (Å²) in [6, 6.07) is 7.45. The molecule has 1 N–H and O–H groups in total. The van der Waals surface area contributed by atoms with Crippen LogP contribution in [0.1, 0.15) is 48.6 Å². The van der Waals surface area contributed by atoms with Crippen LogP contribution in [-0.2, 0) is 0 Å². The van der Waals surface area contributed by atoms with E-state index in [1.165, 1.54) is 6.07 Å². The monoisotopic (exact) mass is 339 g/mol. The molecule has 0 radical (unpaired) electrons. The molecule has 1 aromatic carbocycles. The Bertz CT molecular complexity index is 609. The lowest BCUT2D eigenvalue weighted by Gasteiger charge is -2.20. The summed E-state index contributed by atoms with van der Waals surface area (Å²) in [5.74, 6) is 1.62. The smallest absolute Gasteiger partial charge is 0.137 e. The number of rotatable bonds is 4. The maximum atomic E-state index is 13.3. The Morgan fingerprint density at radius 2 is 1.85 bits per heavy atom. The molecule has 108 valence electrons. The zero-order valence-corrected chi connectivity index (χ0v) is 13.7. The molecule has 2 nitrogen and oxygen atoms in total. The van der Waals surface area contributed by atoms with Crippen molar-refractivity contribution in [3.8, 4) is 0 Å². The van der Waals surface area contributed by atoms with Gasteiger partial charge in [0.2, 0.25) is 0 Å². The Morgan fingerprint density at radius 1 is 1.15 bits per heavy atom. The topological polar surface area (TPSA) is 25.2 Å². The van der Waals surface area contributed by atoms with Gasteiger partial charge in [-0.25, -0.2) is 4.39 Å². The zero-order chi connectivity index (χ0) is 14.9. The van der Waals surface area contributed by atoms with Gasteiger partial charge in [0.25, 0.3) is 0 Å². The normalized spacial score (nSPS) is 14.3. The van der Waals surface area contributed by atoms with Crippen LogP contribution in [0.5, 0.6) is 0 Å². The molecule has 2 atom stereocenters. The quantitative estimate of drug-likeness (QED) is 0.826. The second kappa shape index (κ2) is 6.10. The van der Waals surface area contributed by atoms with Crippen LogP contribution in [0.15, 0.2) is 33.2 Å². The Labute approximate surface area is 127 Å². The third-order valence-corrected chi connectivity index (χ3v) is 4.10. The number of aryl methyl sites for hydroxylation is 2. The standard InChI is InChI=1S/C16H19BrFNO/c1-9-7-14(12(4)20-9)11(3)19-10(2)13-5-6-16(18)15(17)8-13/h5-8,10-11,19H,1-4H3. The molecule has 0 bridgehead atoms. The van der Waals surface area contributed by atoms with Crippen molar-refractivity contribution < 1.29 is 8.81 Å². The lowest BCUT2D eigenvalue weighted by molar-refractivity contribution is 0.468. The first-order valence-corrected chi connectivity index (χ1v) is 7.45. The molecule has 2 rings (SSSR count). The van der Waals surface area contributed by atoms with Crippen LogP contribution in [0.4, 0.5) is 4.39 Å². The number of benzene rings is 1. The molecule has 1 heterocycles. The van der Waals surface area contributed by atoms with E-state index in [0.29, 0.717) is 4.47 Å². The minimum Gasteiger partial charge on any atom is -0.466 e. The predicted molar refractivity (Wildman–Crippen MR) is 82.2 cm³/mol. The fraction of sp³-hybridized carbons (Fsp3) is 0.375. The van der Waals surface area contributed by atoms with Gasteiger partial charge in [0.1, 0.15) is 17.3 Å². The second-order valence-corrected chi connectivity index (χ2v) is 6.01. The van der Waals surface area contributed by atoms with E-state index in [1.54, 1.807) is 6.07 Å². The lowest BCUT2D eigenvalue weighted by Crippen LogP contribution is -2.22. The first kappa shape index (κ1) is 15.3. The largest absolute Gasteiger partial charge is 0.466 e. The van der Waals surface area contributed by atoms with Gasteiger partial charge in [-0.05, 0) is 67.4 Å². The summed E-state index contributed by atoms with van der Waals surface area (Å²) < 4.78 is 19.3. The van der Waals surface area contributed by atoms with Crippen molar-refractivity contribution in [1.82, 2.24) is 5.32 Å². The maximum Gasteiger partial charge on any atom is 0.137 e. The fourth-order valence-electron chi connectivity index (χ4n) is 2.42. The zero-order valence-electron chi connectivity index (χ0n) is 12.1. The Morgan fingerprint density at radius 3 is 2.40 bits per heavy atom. The van der Waals surface area contributed by atoms with E-state index >= 15 is 0 Å². The summed E-state index contributed by atoms with van der Waals surface area (Å²) in [5.41, 5.74) is 2.21. The van der Waals surface area contributed by atoms with Gasteiger partial charge in [-0.3, -0.25) is 0 Å². The van der Waals surface area contributed by atoms with E-state index in [1.807, 2.05) is 19.9 Å². The molecule has 0 saturated heterocycles. The van der Waals surface area contributed by atoms with Crippen LogP contribution in [0.25, 0.3) is 0 Å². The van der Waals surface area contributed by atoms with Crippen molar-refractivity contribution in [3.05, 3.63) is 57.2 Å². The molecule has 0 aliphatic carbocycles. The van der Waals surface area contributed by atoms with Crippen LogP contribution in [0.2, 0.25) is 0 Å². The van der Waals surface area contributed by atoms with E-state index in [-0.39, 0.29) is 17.9 Å². The summed E-state index contributed by atoms with van der Waals surface area (Å²) in [4.78, 5) is 0. The van der Waals surface area contributed by atoms with Gasteiger partial charge in [-0.2, -0.15) is 0 Å². The minimum atomic E-state index is -0.240. The Hall–Kier alpha value is -1.13. The minimum absolute atomic E-state index is 0.122. The molecule has 0 aliphatic rings. The number of hydrogen-bond acceptors (Lipinski definition) is 2. The van der Waals surface area contributed by atoms with Crippen molar-refractivity contribution in [2.24, 2.45) is 0 Å². The number of furan rings is 1. The van der Waals surface area contributed by atoms with Gasteiger partial charge in [0, 0.05) is 17.6 Å². The van der Waals surface area contributed by atoms with Gasteiger partial charge in [0.15, 0.2) is 0 Å². The molecule has 20 heavy (non-hydrogen) atoms. The van der Waals surface area contributed by atoms with Crippen LogP contribution < -0.4 is 5.32 Å². The van der Waals surface area contributed by atoms with Gasteiger partial charge in [0.05, 0.1) is 4.47 Å². The molecule has 2 unspecified atom stereocenters. The number of nitrogens with one attached hydrogen (secondary N) is 1. The summed E-state index contributed by atoms with van der Waals surface area (Å²) in [6.07, 6.45) is 0.